The van der Waals surface area contributed by atoms with Crippen LogP contribution < -0.4 is 5.32 Å². The zero-order valence-electron chi connectivity index (χ0n) is 11.4. The van der Waals surface area contributed by atoms with E-state index in [1.54, 1.807) is 0 Å². The van der Waals surface area contributed by atoms with E-state index in [1.165, 1.54) is 12.8 Å². The zero-order valence-corrected chi connectivity index (χ0v) is 11.4. The molecule has 17 heavy (non-hydrogen) atoms. The van der Waals surface area contributed by atoms with Crippen LogP contribution in [0.15, 0.2) is 0 Å². The van der Waals surface area contributed by atoms with Crippen LogP contribution in [0.2, 0.25) is 0 Å². The highest BCUT2D eigenvalue weighted by atomic mass is 16.5. The monoisotopic (exact) mass is 241 g/mol. The first-order valence-electron chi connectivity index (χ1n) is 7.11. The summed E-state index contributed by atoms with van der Waals surface area (Å²) in [6.45, 7) is 7.39. The van der Waals surface area contributed by atoms with Crippen molar-refractivity contribution in [3.63, 3.8) is 0 Å². The van der Waals surface area contributed by atoms with E-state index >= 15 is 0 Å². The lowest BCUT2D eigenvalue weighted by Crippen LogP contribution is -2.64. The summed E-state index contributed by atoms with van der Waals surface area (Å²) in [5, 5.41) is 13.6. The molecule has 2 N–H and O–H groups in total. The smallest absolute Gasteiger partial charge is 0.0693 e. The van der Waals surface area contributed by atoms with Gasteiger partial charge in [-0.2, -0.15) is 0 Å². The van der Waals surface area contributed by atoms with Crippen LogP contribution in [0.25, 0.3) is 0 Å². The highest BCUT2D eigenvalue weighted by Crippen LogP contribution is 2.43. The van der Waals surface area contributed by atoms with Crippen LogP contribution in [0.1, 0.15) is 52.9 Å². The van der Waals surface area contributed by atoms with Crippen LogP contribution in [0, 0.1) is 5.41 Å². The van der Waals surface area contributed by atoms with Gasteiger partial charge in [-0.25, -0.2) is 0 Å². The molecule has 0 heterocycles. The Morgan fingerprint density at radius 2 is 2.00 bits per heavy atom. The number of aliphatic hydroxyl groups excluding tert-OH is 1. The van der Waals surface area contributed by atoms with Crippen molar-refractivity contribution in [3.8, 4) is 0 Å². The number of hydrogen-bond acceptors (Lipinski definition) is 3. The maximum Gasteiger partial charge on any atom is 0.0693 e. The first-order valence-corrected chi connectivity index (χ1v) is 7.11. The van der Waals surface area contributed by atoms with E-state index in [0.29, 0.717) is 18.2 Å². The van der Waals surface area contributed by atoms with Gasteiger partial charge in [0.25, 0.3) is 0 Å². The first kappa shape index (κ1) is 13.3. The molecule has 100 valence electrons. The Morgan fingerprint density at radius 3 is 2.59 bits per heavy atom. The minimum absolute atomic E-state index is 0.148. The standard InChI is InChI=1S/C14H27NO2/c1-4-17-13-9-12(14(13,2)3)15-10-7-5-6-8-11(10)16/h10-13,15-16H,4-9H2,1-3H3. The zero-order chi connectivity index (χ0) is 12.5. The molecule has 0 aromatic carbocycles. The van der Waals surface area contributed by atoms with Gasteiger partial charge in [-0.3, -0.25) is 0 Å². The molecule has 0 saturated heterocycles. The fourth-order valence-corrected chi connectivity index (χ4v) is 3.22. The van der Waals surface area contributed by atoms with Crippen molar-refractivity contribution in [3.05, 3.63) is 0 Å². The van der Waals surface area contributed by atoms with E-state index in [1.807, 2.05) is 0 Å². The van der Waals surface area contributed by atoms with Gasteiger partial charge in [-0.1, -0.05) is 26.7 Å². The second-order valence-corrected chi connectivity index (χ2v) is 6.18. The average molecular weight is 241 g/mol. The predicted molar refractivity (Wildman–Crippen MR) is 69.0 cm³/mol. The van der Waals surface area contributed by atoms with Gasteiger partial charge >= 0.3 is 0 Å². The number of hydrogen-bond donors (Lipinski definition) is 2. The molecule has 2 fully saturated rings. The van der Waals surface area contributed by atoms with Crippen LogP contribution in [-0.2, 0) is 4.74 Å². The Hall–Kier alpha value is -0.120. The molecular formula is C14H27NO2. The van der Waals surface area contributed by atoms with Crippen LogP contribution >= 0.6 is 0 Å². The largest absolute Gasteiger partial charge is 0.392 e. The normalized spacial score (nSPS) is 40.9. The minimum atomic E-state index is -0.148. The Kier molecular flexibility index (Phi) is 4.11. The second kappa shape index (κ2) is 5.25. The molecule has 0 aromatic rings. The van der Waals surface area contributed by atoms with Crippen LogP contribution in [0.3, 0.4) is 0 Å². The third kappa shape index (κ3) is 2.67. The summed E-state index contributed by atoms with van der Waals surface area (Å²) in [6, 6.07) is 0.799. The Balaban J connectivity index is 1.84. The van der Waals surface area contributed by atoms with E-state index in [0.717, 1.165) is 25.9 Å². The number of aliphatic hydroxyl groups is 1. The molecule has 0 bridgehead atoms. The van der Waals surface area contributed by atoms with Crippen molar-refractivity contribution in [1.82, 2.24) is 5.32 Å². The van der Waals surface area contributed by atoms with Crippen LogP contribution in [-0.4, -0.2) is 36.0 Å². The van der Waals surface area contributed by atoms with E-state index < -0.39 is 0 Å². The van der Waals surface area contributed by atoms with E-state index in [4.69, 9.17) is 4.74 Å². The Morgan fingerprint density at radius 1 is 1.29 bits per heavy atom. The van der Waals surface area contributed by atoms with Gasteiger partial charge in [0.15, 0.2) is 0 Å². The van der Waals surface area contributed by atoms with Crippen molar-refractivity contribution < 1.29 is 9.84 Å². The van der Waals surface area contributed by atoms with E-state index in [9.17, 15) is 5.11 Å². The maximum atomic E-state index is 9.98. The van der Waals surface area contributed by atoms with Gasteiger partial charge < -0.3 is 15.2 Å². The van der Waals surface area contributed by atoms with Crippen LogP contribution in [0.4, 0.5) is 0 Å². The molecule has 3 nitrogen and oxygen atoms in total. The van der Waals surface area contributed by atoms with Gasteiger partial charge in [0.1, 0.15) is 0 Å². The number of nitrogens with one attached hydrogen (secondary N) is 1. The Labute approximate surface area is 105 Å². The molecule has 0 amide bonds. The molecule has 2 aliphatic carbocycles. The second-order valence-electron chi connectivity index (χ2n) is 6.18. The molecule has 2 aliphatic rings. The van der Waals surface area contributed by atoms with Gasteiger partial charge in [0.05, 0.1) is 12.2 Å². The molecule has 0 aliphatic heterocycles. The highest BCUT2D eigenvalue weighted by molar-refractivity contribution is 5.04. The lowest BCUT2D eigenvalue weighted by atomic mass is 9.64. The number of ether oxygens (including phenoxy) is 1. The lowest BCUT2D eigenvalue weighted by Gasteiger charge is -2.53. The number of rotatable bonds is 4. The minimum Gasteiger partial charge on any atom is -0.392 e. The van der Waals surface area contributed by atoms with E-state index in [-0.39, 0.29) is 11.5 Å². The summed E-state index contributed by atoms with van der Waals surface area (Å²) in [4.78, 5) is 0. The molecule has 4 unspecified atom stereocenters. The molecule has 2 rings (SSSR count). The first-order chi connectivity index (χ1) is 8.05. The summed E-state index contributed by atoms with van der Waals surface area (Å²) < 4.78 is 5.74. The topological polar surface area (TPSA) is 41.5 Å². The van der Waals surface area contributed by atoms with Crippen molar-refractivity contribution in [2.45, 2.75) is 77.2 Å². The van der Waals surface area contributed by atoms with Crippen molar-refractivity contribution in [1.29, 1.82) is 0 Å². The summed E-state index contributed by atoms with van der Waals surface area (Å²) in [6.07, 6.45) is 5.82. The third-order valence-corrected chi connectivity index (χ3v) is 4.69. The van der Waals surface area contributed by atoms with Crippen molar-refractivity contribution in [2.75, 3.05) is 6.61 Å². The maximum absolute atomic E-state index is 9.98. The summed E-state index contributed by atoms with van der Waals surface area (Å²) >= 11 is 0. The molecule has 2 saturated carbocycles. The SMILES string of the molecule is CCOC1CC(NC2CCCCC2O)C1(C)C. The van der Waals surface area contributed by atoms with Crippen molar-refractivity contribution >= 4 is 0 Å². The molecule has 4 atom stereocenters. The molecule has 0 spiro atoms. The molecule has 0 radical (unpaired) electrons. The average Bonchev–Trinajstić information content (AvgIpc) is 2.30. The lowest BCUT2D eigenvalue weighted by molar-refractivity contribution is -0.120. The molecule has 0 aromatic heterocycles. The fourth-order valence-electron chi connectivity index (χ4n) is 3.22. The van der Waals surface area contributed by atoms with Gasteiger partial charge in [0.2, 0.25) is 0 Å². The van der Waals surface area contributed by atoms with Gasteiger partial charge in [0, 0.05) is 24.1 Å². The third-order valence-electron chi connectivity index (χ3n) is 4.69. The fraction of sp³-hybridized carbons (Fsp3) is 1.00. The van der Waals surface area contributed by atoms with E-state index in [2.05, 4.69) is 26.1 Å². The summed E-state index contributed by atoms with van der Waals surface area (Å²) in [7, 11) is 0. The quantitative estimate of drug-likeness (QED) is 0.792. The van der Waals surface area contributed by atoms with Gasteiger partial charge in [-0.15, -0.1) is 0 Å². The van der Waals surface area contributed by atoms with Crippen molar-refractivity contribution in [2.24, 2.45) is 5.41 Å². The van der Waals surface area contributed by atoms with Crippen LogP contribution in [0.5, 0.6) is 0 Å². The molecular weight excluding hydrogens is 214 g/mol. The Bertz CT molecular complexity index is 255. The summed E-state index contributed by atoms with van der Waals surface area (Å²) in [5.74, 6) is 0. The van der Waals surface area contributed by atoms with Gasteiger partial charge in [-0.05, 0) is 26.2 Å². The molecule has 3 heteroatoms. The highest BCUT2D eigenvalue weighted by Gasteiger charge is 2.49. The predicted octanol–water partition coefficient (Wildman–Crippen LogP) is 2.08. The summed E-state index contributed by atoms with van der Waals surface area (Å²) in [5.41, 5.74) is 0.202.